The molecule has 0 radical (unpaired) electrons. The minimum Gasteiger partial charge on any atom is -0.380 e. The fourth-order valence-electron chi connectivity index (χ4n) is 1.75. The van der Waals surface area contributed by atoms with Gasteiger partial charge in [0.15, 0.2) is 0 Å². The smallest absolute Gasteiger partial charge is 0.124 e. The van der Waals surface area contributed by atoms with Crippen molar-refractivity contribution in [3.8, 4) is 11.3 Å². The summed E-state index contributed by atoms with van der Waals surface area (Å²) in [6.07, 6.45) is 1.76. The molecule has 0 saturated carbocycles. The van der Waals surface area contributed by atoms with Gasteiger partial charge in [0.05, 0.1) is 11.9 Å². The lowest BCUT2D eigenvalue weighted by Crippen LogP contribution is -2.07. The Morgan fingerprint density at radius 3 is 3.21 bits per heavy atom. The third-order valence-corrected chi connectivity index (χ3v) is 2.44. The number of nitrogens with one attached hydrogen (secondary N) is 2. The first kappa shape index (κ1) is 7.55. The summed E-state index contributed by atoms with van der Waals surface area (Å²) in [4.78, 5) is 0. The van der Waals surface area contributed by atoms with Gasteiger partial charge in [0, 0.05) is 23.4 Å². The largest absolute Gasteiger partial charge is 0.380 e. The molecular weight excluding hydrogens is 181 g/mol. The topological polar surface area (TPSA) is 40.7 Å². The molecule has 1 aromatic heterocycles. The van der Waals surface area contributed by atoms with Crippen LogP contribution >= 0.6 is 0 Å². The van der Waals surface area contributed by atoms with E-state index >= 15 is 0 Å². The van der Waals surface area contributed by atoms with Crippen molar-refractivity contribution in [2.24, 2.45) is 0 Å². The highest BCUT2D eigenvalue weighted by molar-refractivity contribution is 5.80. The average Bonchev–Trinajstić information content (AvgIpc) is 2.65. The van der Waals surface area contributed by atoms with Gasteiger partial charge in [-0.15, -0.1) is 0 Å². The van der Waals surface area contributed by atoms with Gasteiger partial charge in [0.1, 0.15) is 5.82 Å². The standard InChI is InChI=1S/C10H8FN3/c11-7-1-2-9-8(3-7)10-6(4-12-9)5-13-14-10/h1-3,5,12H,4H2,(H,13,14). The van der Waals surface area contributed by atoms with Crippen molar-refractivity contribution in [1.82, 2.24) is 10.2 Å². The number of H-pyrrole nitrogens is 1. The van der Waals surface area contributed by atoms with Crippen LogP contribution in [0.2, 0.25) is 0 Å². The second-order valence-electron chi connectivity index (χ2n) is 3.31. The number of benzene rings is 1. The van der Waals surface area contributed by atoms with Crippen molar-refractivity contribution < 1.29 is 4.39 Å². The lowest BCUT2D eigenvalue weighted by molar-refractivity contribution is 0.628. The van der Waals surface area contributed by atoms with Gasteiger partial charge >= 0.3 is 0 Å². The van der Waals surface area contributed by atoms with Crippen LogP contribution in [0.25, 0.3) is 11.3 Å². The first-order valence-electron chi connectivity index (χ1n) is 4.40. The third kappa shape index (κ3) is 0.937. The molecule has 2 heterocycles. The van der Waals surface area contributed by atoms with Crippen LogP contribution in [0.4, 0.5) is 10.1 Å². The van der Waals surface area contributed by atoms with Crippen molar-refractivity contribution >= 4 is 5.69 Å². The molecule has 2 N–H and O–H groups in total. The lowest BCUT2D eigenvalue weighted by Gasteiger charge is -2.17. The molecule has 0 saturated heterocycles. The predicted octanol–water partition coefficient (Wildman–Crippen LogP) is 2.14. The van der Waals surface area contributed by atoms with Crippen LogP contribution in [0.3, 0.4) is 0 Å². The summed E-state index contributed by atoms with van der Waals surface area (Å²) in [7, 11) is 0. The van der Waals surface area contributed by atoms with E-state index in [9.17, 15) is 4.39 Å². The van der Waals surface area contributed by atoms with Gasteiger partial charge < -0.3 is 5.32 Å². The summed E-state index contributed by atoms with van der Waals surface area (Å²) >= 11 is 0. The van der Waals surface area contributed by atoms with Gasteiger partial charge in [-0.05, 0) is 18.2 Å². The maximum atomic E-state index is 13.0. The van der Waals surface area contributed by atoms with Gasteiger partial charge in [-0.1, -0.05) is 0 Å². The molecule has 1 aliphatic rings. The number of rotatable bonds is 0. The zero-order valence-electron chi connectivity index (χ0n) is 7.34. The molecule has 4 heteroatoms. The van der Waals surface area contributed by atoms with Crippen LogP contribution in [0.15, 0.2) is 24.4 Å². The normalized spacial score (nSPS) is 12.9. The Hall–Kier alpha value is -1.84. The summed E-state index contributed by atoms with van der Waals surface area (Å²) in [5.41, 5.74) is 3.79. The summed E-state index contributed by atoms with van der Waals surface area (Å²) in [6.45, 7) is 0.741. The van der Waals surface area contributed by atoms with Crippen molar-refractivity contribution in [1.29, 1.82) is 0 Å². The van der Waals surface area contributed by atoms with Gasteiger partial charge in [0.2, 0.25) is 0 Å². The maximum absolute atomic E-state index is 13.0. The highest BCUT2D eigenvalue weighted by atomic mass is 19.1. The molecule has 3 nitrogen and oxygen atoms in total. The summed E-state index contributed by atoms with van der Waals surface area (Å²) < 4.78 is 13.0. The van der Waals surface area contributed by atoms with E-state index in [1.807, 2.05) is 0 Å². The second kappa shape index (κ2) is 2.57. The molecule has 2 aromatic rings. The van der Waals surface area contributed by atoms with Crippen LogP contribution in [-0.4, -0.2) is 10.2 Å². The molecule has 0 bridgehead atoms. The highest BCUT2D eigenvalue weighted by Gasteiger charge is 2.17. The van der Waals surface area contributed by atoms with Crippen molar-refractivity contribution in [2.75, 3.05) is 5.32 Å². The van der Waals surface area contributed by atoms with Gasteiger partial charge in [-0.25, -0.2) is 4.39 Å². The molecule has 1 aliphatic heterocycles. The van der Waals surface area contributed by atoms with E-state index in [0.717, 1.165) is 29.1 Å². The first-order valence-corrected chi connectivity index (χ1v) is 4.40. The molecule has 1 aromatic carbocycles. The zero-order chi connectivity index (χ0) is 9.54. The Morgan fingerprint density at radius 1 is 1.36 bits per heavy atom. The summed E-state index contributed by atoms with van der Waals surface area (Å²) in [5.74, 6) is -0.229. The number of hydrogen-bond donors (Lipinski definition) is 2. The number of nitrogens with zero attached hydrogens (tertiary/aromatic N) is 1. The maximum Gasteiger partial charge on any atom is 0.124 e. The summed E-state index contributed by atoms with van der Waals surface area (Å²) in [5, 5.41) is 10.0. The molecule has 0 fully saturated rings. The number of halogens is 1. The quantitative estimate of drug-likeness (QED) is 0.666. The van der Waals surface area contributed by atoms with Crippen LogP contribution in [-0.2, 0) is 6.54 Å². The Morgan fingerprint density at radius 2 is 2.29 bits per heavy atom. The molecule has 0 spiro atoms. The van der Waals surface area contributed by atoms with E-state index in [1.54, 1.807) is 12.3 Å². The monoisotopic (exact) mass is 189 g/mol. The molecular formula is C10H8FN3. The van der Waals surface area contributed by atoms with Gasteiger partial charge in [-0.3, -0.25) is 5.10 Å². The van der Waals surface area contributed by atoms with Gasteiger partial charge in [-0.2, -0.15) is 5.10 Å². The molecule has 0 unspecified atom stereocenters. The van der Waals surface area contributed by atoms with Crippen LogP contribution in [0.1, 0.15) is 5.56 Å². The van der Waals surface area contributed by atoms with E-state index in [4.69, 9.17) is 0 Å². The predicted molar refractivity (Wildman–Crippen MR) is 51.3 cm³/mol. The van der Waals surface area contributed by atoms with E-state index in [-0.39, 0.29) is 5.82 Å². The number of hydrogen-bond acceptors (Lipinski definition) is 2. The molecule has 0 aliphatic carbocycles. The molecule has 3 rings (SSSR count). The van der Waals surface area contributed by atoms with E-state index < -0.39 is 0 Å². The van der Waals surface area contributed by atoms with Crippen molar-refractivity contribution in [2.45, 2.75) is 6.54 Å². The van der Waals surface area contributed by atoms with Gasteiger partial charge in [0.25, 0.3) is 0 Å². The Labute approximate surface area is 80.0 Å². The minimum absolute atomic E-state index is 0.229. The fourth-order valence-corrected chi connectivity index (χ4v) is 1.75. The SMILES string of the molecule is Fc1ccc2c(c1)-c1[nH]ncc1CN2. The second-order valence-corrected chi connectivity index (χ2v) is 3.31. The Kier molecular flexibility index (Phi) is 1.39. The first-order chi connectivity index (χ1) is 6.84. The van der Waals surface area contributed by atoms with Crippen LogP contribution < -0.4 is 5.32 Å². The minimum atomic E-state index is -0.229. The van der Waals surface area contributed by atoms with E-state index in [1.165, 1.54) is 12.1 Å². The number of aromatic amines is 1. The number of anilines is 1. The highest BCUT2D eigenvalue weighted by Crippen LogP contribution is 2.33. The summed E-state index contributed by atoms with van der Waals surface area (Å²) in [6, 6.07) is 4.71. The van der Waals surface area contributed by atoms with Crippen LogP contribution in [0.5, 0.6) is 0 Å². The van der Waals surface area contributed by atoms with E-state index in [2.05, 4.69) is 15.5 Å². The molecule has 70 valence electrons. The Balaban J connectivity index is 2.28. The average molecular weight is 189 g/mol. The molecule has 0 atom stereocenters. The van der Waals surface area contributed by atoms with Crippen molar-refractivity contribution in [3.63, 3.8) is 0 Å². The lowest BCUT2D eigenvalue weighted by atomic mass is 10.0. The molecule has 14 heavy (non-hydrogen) atoms. The molecule has 0 amide bonds. The zero-order valence-corrected chi connectivity index (χ0v) is 7.34. The third-order valence-electron chi connectivity index (χ3n) is 2.44. The van der Waals surface area contributed by atoms with Crippen molar-refractivity contribution in [3.05, 3.63) is 35.8 Å². The number of aromatic nitrogens is 2. The fraction of sp³-hybridized carbons (Fsp3) is 0.100. The van der Waals surface area contributed by atoms with Crippen LogP contribution in [0, 0.1) is 5.82 Å². The Bertz CT molecular complexity index is 490. The number of fused-ring (bicyclic) bond motifs is 3. The van der Waals surface area contributed by atoms with E-state index in [0.29, 0.717) is 0 Å².